The lowest BCUT2D eigenvalue weighted by Gasteiger charge is -2.36. The Balaban J connectivity index is 0.000000512. The molecule has 1 heterocycles. The third kappa shape index (κ3) is 10.2. The number of unbranched alkanes of at least 4 members (excludes halogenated alkanes) is 4. The van der Waals surface area contributed by atoms with Gasteiger partial charge in [0.2, 0.25) is 35.0 Å². The Kier molecular flexibility index (Phi) is 16.0. The van der Waals surface area contributed by atoms with Crippen molar-refractivity contribution in [2.24, 2.45) is 5.92 Å². The number of halogens is 5. The first-order valence-electron chi connectivity index (χ1n) is 13.9. The number of benzene rings is 1. The Morgan fingerprint density at radius 2 is 1.55 bits per heavy atom. The average Bonchev–Trinajstić information content (AvgIpc) is 3.43. The molecule has 1 aromatic carbocycles. The molecular formula is C30H43F5N2O2S. The highest BCUT2D eigenvalue weighted by atomic mass is 32.1. The number of hydrogen-bond donors (Lipinski definition) is 0. The van der Waals surface area contributed by atoms with E-state index in [1.807, 2.05) is 0 Å². The van der Waals surface area contributed by atoms with Crippen LogP contribution in [0.5, 0.6) is 5.75 Å². The highest BCUT2D eigenvalue weighted by molar-refractivity contribution is 7.09. The van der Waals surface area contributed by atoms with Crippen molar-refractivity contribution in [2.45, 2.75) is 97.9 Å². The number of amides is 1. The number of methoxy groups -OCH3 is 1. The third-order valence-corrected chi connectivity index (χ3v) is 7.72. The minimum Gasteiger partial charge on any atom is -0.491 e. The minimum atomic E-state index is -2.20. The van der Waals surface area contributed by atoms with E-state index in [1.54, 1.807) is 17.4 Å². The third-order valence-electron chi connectivity index (χ3n) is 6.63. The fourth-order valence-electron chi connectivity index (χ4n) is 4.26. The van der Waals surface area contributed by atoms with E-state index < -0.39 is 34.8 Å². The van der Waals surface area contributed by atoms with E-state index in [9.17, 15) is 26.7 Å². The van der Waals surface area contributed by atoms with Crippen LogP contribution in [0.1, 0.15) is 103 Å². The van der Waals surface area contributed by atoms with Crippen molar-refractivity contribution in [3.63, 3.8) is 0 Å². The summed E-state index contributed by atoms with van der Waals surface area (Å²) in [5.74, 6) is -10.3. The normalized spacial score (nSPS) is 12.5. The predicted octanol–water partition coefficient (Wildman–Crippen LogP) is 9.29. The first-order chi connectivity index (χ1) is 18.9. The number of hydrogen-bond acceptors (Lipinski definition) is 4. The van der Waals surface area contributed by atoms with Crippen LogP contribution in [0.3, 0.4) is 0 Å². The van der Waals surface area contributed by atoms with Crippen molar-refractivity contribution in [3.8, 4) is 5.75 Å². The van der Waals surface area contributed by atoms with Crippen LogP contribution in [0.4, 0.5) is 22.0 Å². The predicted molar refractivity (Wildman–Crippen MR) is 152 cm³/mol. The molecule has 2 aromatic rings. The molecule has 0 aliphatic rings. The monoisotopic (exact) mass is 590 g/mol. The summed E-state index contributed by atoms with van der Waals surface area (Å²) in [6.45, 7) is 15.8. The Bertz CT molecular complexity index is 1050. The van der Waals surface area contributed by atoms with Crippen molar-refractivity contribution in [1.82, 2.24) is 9.88 Å². The van der Waals surface area contributed by atoms with E-state index >= 15 is 0 Å². The molecule has 0 saturated heterocycles. The van der Waals surface area contributed by atoms with Gasteiger partial charge >= 0.3 is 0 Å². The zero-order valence-electron chi connectivity index (χ0n) is 24.5. The summed E-state index contributed by atoms with van der Waals surface area (Å²) in [6, 6.07) is 0.280. The molecule has 1 aromatic heterocycles. The van der Waals surface area contributed by atoms with Gasteiger partial charge in [0.1, 0.15) is 0 Å². The van der Waals surface area contributed by atoms with Gasteiger partial charge in [0.25, 0.3) is 0 Å². The topological polar surface area (TPSA) is 42.4 Å². The zero-order chi connectivity index (χ0) is 30.4. The standard InChI is InChI=1S/C23H40N2OS.C7H3F5O/c1-7-10-12-13-15-25(22(26)14-11-8-2)21(18(4)5)16-19(6)23-24-20(9-3)17-27-23;1-13-7-5(11)3(9)2(8)4(10)6(7)12/h9,17-19,21H,3,7-8,10-16H2,1-2,4-6H3;1H3/t19-,21?;/m1./s1. The molecule has 2 rings (SSSR count). The number of carbonyl (C=O) groups excluding carboxylic acids is 1. The number of nitrogens with zero attached hydrogens (tertiary/aromatic N) is 2. The summed E-state index contributed by atoms with van der Waals surface area (Å²) < 4.78 is 66.2. The molecule has 0 spiro atoms. The minimum absolute atomic E-state index is 0.280. The molecule has 40 heavy (non-hydrogen) atoms. The van der Waals surface area contributed by atoms with Gasteiger partial charge in [0, 0.05) is 30.3 Å². The number of carbonyl (C=O) groups is 1. The molecule has 0 aliphatic heterocycles. The molecule has 0 N–H and O–H groups in total. The van der Waals surface area contributed by atoms with Crippen molar-refractivity contribution in [2.75, 3.05) is 13.7 Å². The Morgan fingerprint density at radius 1 is 0.975 bits per heavy atom. The first-order valence-corrected chi connectivity index (χ1v) is 14.8. The molecule has 0 aliphatic carbocycles. The van der Waals surface area contributed by atoms with Crippen molar-refractivity contribution in [3.05, 3.63) is 51.7 Å². The molecule has 0 radical (unpaired) electrons. The van der Waals surface area contributed by atoms with Crippen molar-refractivity contribution in [1.29, 1.82) is 0 Å². The van der Waals surface area contributed by atoms with E-state index in [0.717, 1.165) is 50.0 Å². The lowest BCUT2D eigenvalue weighted by atomic mass is 9.91. The molecule has 1 amide bonds. The van der Waals surface area contributed by atoms with E-state index in [0.29, 0.717) is 24.2 Å². The summed E-state index contributed by atoms with van der Waals surface area (Å²) in [6.07, 6.45) is 10.3. The van der Waals surface area contributed by atoms with Crippen LogP contribution in [0.25, 0.3) is 6.08 Å². The SMILES string of the molecule is C=Cc1csc([C@H](C)CC(C(C)C)N(CCCCCC)C(=O)CCCC)n1.COc1c(F)c(F)c(F)c(F)c1F. The fourth-order valence-corrected chi connectivity index (χ4v) is 5.14. The largest absolute Gasteiger partial charge is 0.491 e. The molecular weight excluding hydrogens is 547 g/mol. The maximum Gasteiger partial charge on any atom is 0.222 e. The fraction of sp³-hybridized carbons (Fsp3) is 0.600. The van der Waals surface area contributed by atoms with Gasteiger partial charge in [-0.1, -0.05) is 66.9 Å². The number of ether oxygens (including phenoxy) is 1. The maximum atomic E-state index is 13.0. The molecule has 226 valence electrons. The van der Waals surface area contributed by atoms with E-state index in [1.165, 1.54) is 19.3 Å². The van der Waals surface area contributed by atoms with Crippen LogP contribution in [0.15, 0.2) is 12.0 Å². The molecule has 0 saturated carbocycles. The van der Waals surface area contributed by atoms with Crippen LogP contribution < -0.4 is 4.74 Å². The molecule has 2 atom stereocenters. The average molecular weight is 591 g/mol. The Labute approximate surface area is 239 Å². The van der Waals surface area contributed by atoms with Gasteiger partial charge < -0.3 is 9.64 Å². The molecule has 1 unspecified atom stereocenters. The Hall–Kier alpha value is -2.49. The van der Waals surface area contributed by atoms with Crippen LogP contribution in [-0.4, -0.2) is 35.5 Å². The van der Waals surface area contributed by atoms with Gasteiger partial charge in [-0.2, -0.15) is 8.78 Å². The van der Waals surface area contributed by atoms with Gasteiger partial charge in [0.15, 0.2) is 5.75 Å². The lowest BCUT2D eigenvalue weighted by Crippen LogP contribution is -2.44. The first kappa shape index (κ1) is 35.5. The van der Waals surface area contributed by atoms with Crippen molar-refractivity contribution < 1.29 is 31.5 Å². The molecule has 10 heteroatoms. The second kappa shape index (κ2) is 18.0. The van der Waals surface area contributed by atoms with Gasteiger partial charge in [-0.05, 0) is 31.3 Å². The number of aromatic nitrogens is 1. The summed E-state index contributed by atoms with van der Waals surface area (Å²) in [5, 5.41) is 3.22. The van der Waals surface area contributed by atoms with Crippen LogP contribution in [0, 0.1) is 35.0 Å². The summed E-state index contributed by atoms with van der Waals surface area (Å²) in [4.78, 5) is 19.9. The maximum absolute atomic E-state index is 13.0. The summed E-state index contributed by atoms with van der Waals surface area (Å²) in [7, 11) is 0.804. The van der Waals surface area contributed by atoms with Crippen LogP contribution in [0.2, 0.25) is 0 Å². The second-order valence-electron chi connectivity index (χ2n) is 10.1. The van der Waals surface area contributed by atoms with Gasteiger partial charge in [0.05, 0.1) is 17.8 Å². The molecule has 4 nitrogen and oxygen atoms in total. The molecule has 0 bridgehead atoms. The number of thiazole rings is 1. The molecule has 0 fully saturated rings. The highest BCUT2D eigenvalue weighted by Crippen LogP contribution is 2.30. The van der Waals surface area contributed by atoms with E-state index in [-0.39, 0.29) is 6.04 Å². The van der Waals surface area contributed by atoms with Crippen molar-refractivity contribution >= 4 is 23.3 Å². The second-order valence-corrected chi connectivity index (χ2v) is 11.0. The quantitative estimate of drug-likeness (QED) is 0.0899. The summed E-state index contributed by atoms with van der Waals surface area (Å²) >= 11 is 1.71. The lowest BCUT2D eigenvalue weighted by molar-refractivity contribution is -0.135. The smallest absolute Gasteiger partial charge is 0.222 e. The van der Waals surface area contributed by atoms with Crippen LogP contribution >= 0.6 is 11.3 Å². The highest BCUT2D eigenvalue weighted by Gasteiger charge is 2.29. The van der Waals surface area contributed by atoms with Gasteiger partial charge in [-0.15, -0.1) is 11.3 Å². The van der Waals surface area contributed by atoms with E-state index in [4.69, 9.17) is 0 Å². The van der Waals surface area contributed by atoms with Gasteiger partial charge in [-0.3, -0.25) is 4.79 Å². The van der Waals surface area contributed by atoms with E-state index in [2.05, 4.69) is 61.2 Å². The Morgan fingerprint density at radius 3 is 2.02 bits per heavy atom. The zero-order valence-corrected chi connectivity index (χ0v) is 25.3. The van der Waals surface area contributed by atoms with Gasteiger partial charge in [-0.25, -0.2) is 18.2 Å². The summed E-state index contributed by atoms with van der Waals surface area (Å²) in [5.41, 5.74) is 0.957. The van der Waals surface area contributed by atoms with Crippen LogP contribution in [-0.2, 0) is 4.79 Å². The number of rotatable bonds is 15.